The minimum Gasteiger partial charge on any atom is -0.497 e. The number of hydrogen-bond donors (Lipinski definition) is 1. The number of fused-ring (bicyclic) bond motifs is 1. The van der Waals surface area contributed by atoms with Crippen molar-refractivity contribution >= 4 is 28.2 Å². The van der Waals surface area contributed by atoms with Crippen molar-refractivity contribution in [3.05, 3.63) is 54.2 Å². The van der Waals surface area contributed by atoms with Gasteiger partial charge in [0.05, 0.1) is 7.11 Å². The van der Waals surface area contributed by atoms with Crippen LogP contribution in [0.1, 0.15) is 36.2 Å². The first kappa shape index (κ1) is 20.5. The molecule has 2 fully saturated rings. The number of hydrogen-bond acceptors (Lipinski definition) is 6. The van der Waals surface area contributed by atoms with Crippen LogP contribution in [0.15, 0.2) is 48.5 Å². The molecule has 1 amide bonds. The molecule has 1 saturated carbocycles. The van der Waals surface area contributed by atoms with Crippen LogP contribution in [0.5, 0.6) is 5.75 Å². The van der Waals surface area contributed by atoms with Gasteiger partial charge in [-0.15, -0.1) is 10.2 Å². The molecule has 1 aliphatic carbocycles. The Kier molecular flexibility index (Phi) is 5.79. The third-order valence-electron chi connectivity index (χ3n) is 6.57. The number of aromatic nitrogens is 2. The van der Waals surface area contributed by atoms with Crippen LogP contribution in [0.3, 0.4) is 0 Å². The van der Waals surface area contributed by atoms with Gasteiger partial charge in [-0.25, -0.2) is 0 Å². The van der Waals surface area contributed by atoms with Crippen molar-refractivity contribution in [2.24, 2.45) is 0 Å². The van der Waals surface area contributed by atoms with E-state index < -0.39 is 0 Å². The molecule has 0 bridgehead atoms. The number of carbonyl (C=O) groups is 1. The summed E-state index contributed by atoms with van der Waals surface area (Å²) in [6.07, 6.45) is 4.45. The second-order valence-electron chi connectivity index (χ2n) is 8.55. The summed E-state index contributed by atoms with van der Waals surface area (Å²) in [6.45, 7) is 3.44. The smallest absolute Gasteiger partial charge is 0.272 e. The molecule has 1 N–H and O–H groups in total. The van der Waals surface area contributed by atoms with Gasteiger partial charge < -0.3 is 19.9 Å². The number of nitrogens with zero attached hydrogens (tertiary/aromatic N) is 4. The molecular weight excluding hydrogens is 402 g/mol. The van der Waals surface area contributed by atoms with E-state index in [9.17, 15) is 4.79 Å². The highest BCUT2D eigenvalue weighted by atomic mass is 16.5. The molecule has 3 aromatic rings. The van der Waals surface area contributed by atoms with Gasteiger partial charge in [0.1, 0.15) is 5.75 Å². The van der Waals surface area contributed by atoms with E-state index in [1.165, 1.54) is 18.5 Å². The summed E-state index contributed by atoms with van der Waals surface area (Å²) in [5.74, 6) is 1.60. The van der Waals surface area contributed by atoms with Crippen molar-refractivity contribution in [1.29, 1.82) is 0 Å². The molecule has 166 valence electrons. The van der Waals surface area contributed by atoms with Crippen LogP contribution in [0.25, 0.3) is 10.8 Å². The molecular formula is C25H29N5O2. The number of piperazine rings is 1. The molecule has 0 radical (unpaired) electrons. The highest BCUT2D eigenvalue weighted by molar-refractivity contribution is 6.07. The fourth-order valence-electron chi connectivity index (χ4n) is 4.80. The number of benzene rings is 2. The lowest BCUT2D eigenvalue weighted by atomic mass is 10.1. The second-order valence-corrected chi connectivity index (χ2v) is 8.55. The molecule has 7 nitrogen and oxygen atoms in total. The molecule has 5 rings (SSSR count). The molecule has 2 aromatic carbocycles. The summed E-state index contributed by atoms with van der Waals surface area (Å²) in [5.41, 5.74) is 1.59. The van der Waals surface area contributed by atoms with E-state index in [2.05, 4.69) is 37.4 Å². The zero-order chi connectivity index (χ0) is 21.9. The fraction of sp³-hybridized carbons (Fsp3) is 0.400. The summed E-state index contributed by atoms with van der Waals surface area (Å²) >= 11 is 0. The number of carbonyl (C=O) groups excluding carboxylic acids is 1. The number of nitrogens with one attached hydrogen (secondary N) is 1. The van der Waals surface area contributed by atoms with Crippen molar-refractivity contribution < 1.29 is 9.53 Å². The highest BCUT2D eigenvalue weighted by Gasteiger charge is 2.24. The first-order valence-corrected chi connectivity index (χ1v) is 11.4. The van der Waals surface area contributed by atoms with Crippen LogP contribution in [0.4, 0.5) is 11.5 Å². The predicted molar refractivity (Wildman–Crippen MR) is 127 cm³/mol. The van der Waals surface area contributed by atoms with Gasteiger partial charge in [0.2, 0.25) is 0 Å². The lowest BCUT2D eigenvalue weighted by molar-refractivity contribution is 0.0933. The van der Waals surface area contributed by atoms with Crippen molar-refractivity contribution in [3.63, 3.8) is 0 Å². The number of anilines is 2. The second kappa shape index (κ2) is 9.02. The SMILES string of the molecule is COc1cccc(N2CCN(c3nnc(C(=O)NC4CCCC4)c4ccccc34)CC2)c1. The Hall–Kier alpha value is -3.35. The Morgan fingerprint density at radius 2 is 1.66 bits per heavy atom. The van der Waals surface area contributed by atoms with Crippen LogP contribution in [0, 0.1) is 0 Å². The lowest BCUT2D eigenvalue weighted by Gasteiger charge is -2.37. The maximum atomic E-state index is 12.9. The molecule has 0 atom stereocenters. The predicted octanol–water partition coefficient (Wildman–Crippen LogP) is 3.64. The molecule has 0 spiro atoms. The van der Waals surface area contributed by atoms with Crippen LogP contribution in [-0.2, 0) is 0 Å². The fourth-order valence-corrected chi connectivity index (χ4v) is 4.80. The quantitative estimate of drug-likeness (QED) is 0.665. The highest BCUT2D eigenvalue weighted by Crippen LogP contribution is 2.29. The largest absolute Gasteiger partial charge is 0.497 e. The third-order valence-corrected chi connectivity index (χ3v) is 6.57. The van der Waals surface area contributed by atoms with E-state index in [0.29, 0.717) is 5.69 Å². The molecule has 0 unspecified atom stereocenters. The first-order valence-electron chi connectivity index (χ1n) is 11.4. The van der Waals surface area contributed by atoms with E-state index in [4.69, 9.17) is 4.74 Å². The van der Waals surface area contributed by atoms with E-state index >= 15 is 0 Å². The van der Waals surface area contributed by atoms with Gasteiger partial charge in [-0.3, -0.25) is 4.79 Å². The minimum absolute atomic E-state index is 0.116. The average molecular weight is 432 g/mol. The Bertz CT molecular complexity index is 1100. The van der Waals surface area contributed by atoms with Crippen LogP contribution in [0.2, 0.25) is 0 Å². The zero-order valence-electron chi connectivity index (χ0n) is 18.5. The van der Waals surface area contributed by atoms with Gasteiger partial charge in [-0.2, -0.15) is 0 Å². The maximum absolute atomic E-state index is 12.9. The summed E-state index contributed by atoms with van der Waals surface area (Å²) in [4.78, 5) is 17.5. The summed E-state index contributed by atoms with van der Waals surface area (Å²) in [6, 6.07) is 16.4. The Morgan fingerprint density at radius 3 is 2.41 bits per heavy atom. The molecule has 32 heavy (non-hydrogen) atoms. The van der Waals surface area contributed by atoms with E-state index in [1.54, 1.807) is 7.11 Å². The minimum atomic E-state index is -0.116. The summed E-state index contributed by atoms with van der Waals surface area (Å²) < 4.78 is 5.37. The van der Waals surface area contributed by atoms with Crippen molar-refractivity contribution in [3.8, 4) is 5.75 Å². The lowest BCUT2D eigenvalue weighted by Crippen LogP contribution is -2.47. The molecule has 7 heteroatoms. The first-order chi connectivity index (χ1) is 15.7. The number of amides is 1. The summed E-state index contributed by atoms with van der Waals surface area (Å²) in [5, 5.41) is 13.9. The van der Waals surface area contributed by atoms with Gasteiger partial charge in [0, 0.05) is 54.7 Å². The van der Waals surface area contributed by atoms with Crippen molar-refractivity contribution in [2.75, 3.05) is 43.1 Å². The van der Waals surface area contributed by atoms with Gasteiger partial charge in [-0.1, -0.05) is 43.2 Å². The van der Waals surface area contributed by atoms with Crippen molar-refractivity contribution in [2.45, 2.75) is 31.7 Å². The number of ether oxygens (including phenoxy) is 1. The summed E-state index contributed by atoms with van der Waals surface area (Å²) in [7, 11) is 1.69. The molecule has 1 aliphatic heterocycles. The molecule has 2 heterocycles. The molecule has 1 aromatic heterocycles. The Labute approximate surface area is 188 Å². The van der Waals surface area contributed by atoms with Crippen LogP contribution >= 0.6 is 0 Å². The van der Waals surface area contributed by atoms with Gasteiger partial charge in [0.25, 0.3) is 5.91 Å². The van der Waals surface area contributed by atoms with E-state index in [-0.39, 0.29) is 11.9 Å². The van der Waals surface area contributed by atoms with Crippen LogP contribution in [-0.4, -0.2) is 55.4 Å². The van der Waals surface area contributed by atoms with Crippen molar-refractivity contribution in [1.82, 2.24) is 15.5 Å². The van der Waals surface area contributed by atoms with Gasteiger partial charge >= 0.3 is 0 Å². The topological polar surface area (TPSA) is 70.6 Å². The normalized spacial score (nSPS) is 17.0. The number of methoxy groups -OCH3 is 1. The third kappa shape index (κ3) is 4.07. The monoisotopic (exact) mass is 431 g/mol. The Balaban J connectivity index is 1.35. The maximum Gasteiger partial charge on any atom is 0.272 e. The molecule has 2 aliphatic rings. The van der Waals surface area contributed by atoms with E-state index in [1.807, 2.05) is 36.4 Å². The zero-order valence-corrected chi connectivity index (χ0v) is 18.5. The van der Waals surface area contributed by atoms with Crippen LogP contribution < -0.4 is 19.9 Å². The standard InChI is InChI=1S/C25H29N5O2/c1-32-20-10-6-9-19(17-20)29-13-15-30(16-14-29)24-22-12-5-4-11-21(22)23(27-28-24)25(31)26-18-7-2-3-8-18/h4-6,9-12,17-18H,2-3,7-8,13-16H2,1H3,(H,26,31). The van der Waals surface area contributed by atoms with Gasteiger partial charge in [-0.05, 0) is 25.0 Å². The van der Waals surface area contributed by atoms with Gasteiger partial charge in [0.15, 0.2) is 11.5 Å². The number of rotatable bonds is 5. The van der Waals surface area contributed by atoms with E-state index in [0.717, 1.165) is 61.4 Å². The Morgan fingerprint density at radius 1 is 0.938 bits per heavy atom. The average Bonchev–Trinajstić information content (AvgIpc) is 3.36. The molecule has 1 saturated heterocycles.